The molecule has 1 saturated carbocycles. The van der Waals surface area contributed by atoms with Gasteiger partial charge in [0, 0.05) is 31.1 Å². The number of fused-ring (bicyclic) bond motifs is 1. The quantitative estimate of drug-likeness (QED) is 0.868. The molecule has 3 aliphatic rings. The molecule has 2 aliphatic heterocycles. The first-order chi connectivity index (χ1) is 13.7. The number of aliphatic hydroxyl groups excluding tert-OH is 1. The minimum atomic E-state index is -0.277. The molecule has 0 radical (unpaired) electrons. The Bertz CT molecular complexity index is 874. The molecule has 2 aromatic rings. The summed E-state index contributed by atoms with van der Waals surface area (Å²) in [6.07, 6.45) is 7.88. The van der Waals surface area contributed by atoms with E-state index in [9.17, 15) is 9.90 Å². The fourth-order valence-electron chi connectivity index (χ4n) is 5.50. The molecule has 1 aromatic heterocycles. The minimum Gasteiger partial charge on any atom is -0.393 e. The van der Waals surface area contributed by atoms with Crippen molar-refractivity contribution in [3.8, 4) is 0 Å². The van der Waals surface area contributed by atoms with Gasteiger partial charge >= 0.3 is 0 Å². The van der Waals surface area contributed by atoms with Crippen LogP contribution in [0.5, 0.6) is 0 Å². The zero-order chi connectivity index (χ0) is 19.1. The van der Waals surface area contributed by atoms with Gasteiger partial charge < -0.3 is 14.9 Å². The lowest BCUT2D eigenvalue weighted by Crippen LogP contribution is -2.50. The number of aromatic nitrogens is 2. The first-order valence-corrected chi connectivity index (χ1v) is 10.6. The van der Waals surface area contributed by atoms with Gasteiger partial charge in [-0.1, -0.05) is 12.1 Å². The van der Waals surface area contributed by atoms with E-state index in [-0.39, 0.29) is 11.5 Å². The number of carbonyl (C=O) groups excluding carboxylic acids is 1. The van der Waals surface area contributed by atoms with Gasteiger partial charge in [-0.25, -0.2) is 9.97 Å². The first kappa shape index (κ1) is 17.9. The smallest absolute Gasteiger partial charge is 0.230 e. The summed E-state index contributed by atoms with van der Waals surface area (Å²) in [6.45, 7) is 2.54. The molecule has 2 saturated heterocycles. The van der Waals surface area contributed by atoms with Crippen LogP contribution in [0, 0.1) is 5.41 Å². The second-order valence-corrected chi connectivity index (χ2v) is 8.73. The topological polar surface area (TPSA) is 69.6 Å². The lowest BCUT2D eigenvalue weighted by atomic mass is 9.78. The number of para-hydroxylation sites is 1. The molecule has 1 amide bonds. The fraction of sp³-hybridized carbons (Fsp3) is 0.591. The second-order valence-electron chi connectivity index (χ2n) is 8.73. The Balaban J connectivity index is 1.39. The number of likely N-dealkylation sites (tertiary alicyclic amines) is 1. The fourth-order valence-corrected chi connectivity index (χ4v) is 5.50. The number of hydrogen-bond donors (Lipinski definition) is 1. The van der Waals surface area contributed by atoms with E-state index in [1.807, 2.05) is 18.2 Å². The van der Waals surface area contributed by atoms with E-state index < -0.39 is 0 Å². The summed E-state index contributed by atoms with van der Waals surface area (Å²) in [6, 6.07) is 8.42. The van der Waals surface area contributed by atoms with E-state index in [1.54, 1.807) is 6.33 Å². The van der Waals surface area contributed by atoms with Gasteiger partial charge in [0.2, 0.25) is 5.91 Å². The predicted molar refractivity (Wildman–Crippen MR) is 108 cm³/mol. The summed E-state index contributed by atoms with van der Waals surface area (Å²) in [7, 11) is 0. The summed E-state index contributed by atoms with van der Waals surface area (Å²) >= 11 is 0. The van der Waals surface area contributed by atoms with Crippen LogP contribution in [0.2, 0.25) is 0 Å². The summed E-state index contributed by atoms with van der Waals surface area (Å²) in [5.74, 6) is 1.29. The molecule has 148 valence electrons. The monoisotopic (exact) mass is 380 g/mol. The lowest BCUT2D eigenvalue weighted by Gasteiger charge is -2.41. The van der Waals surface area contributed by atoms with Crippen molar-refractivity contribution in [1.82, 2.24) is 14.9 Å². The zero-order valence-corrected chi connectivity index (χ0v) is 16.3. The van der Waals surface area contributed by atoms with Crippen molar-refractivity contribution in [1.29, 1.82) is 0 Å². The van der Waals surface area contributed by atoms with Crippen molar-refractivity contribution in [2.24, 2.45) is 5.41 Å². The molecule has 0 unspecified atom stereocenters. The maximum absolute atomic E-state index is 13.5. The average molecular weight is 380 g/mol. The van der Waals surface area contributed by atoms with E-state index in [0.29, 0.717) is 11.9 Å². The zero-order valence-electron chi connectivity index (χ0n) is 16.3. The molecular weight excluding hydrogens is 352 g/mol. The third kappa shape index (κ3) is 2.94. The van der Waals surface area contributed by atoms with Gasteiger partial charge in [-0.3, -0.25) is 4.79 Å². The van der Waals surface area contributed by atoms with Crippen molar-refractivity contribution in [3.05, 3.63) is 30.6 Å². The standard InChI is InChI=1S/C22H28N4O2/c27-17-8-6-16(7-9-17)26-13-11-22(21(26)28)10-3-12-25(14-22)20-18-4-1-2-5-19(18)23-15-24-20/h1-2,4-5,15-17,27H,3,6-14H2/t16?,17?,22-/m1/s1. The Morgan fingerprint density at radius 1 is 1.04 bits per heavy atom. The highest BCUT2D eigenvalue weighted by Gasteiger charge is 2.50. The van der Waals surface area contributed by atoms with Gasteiger partial charge in [-0.15, -0.1) is 0 Å². The van der Waals surface area contributed by atoms with Crippen LogP contribution >= 0.6 is 0 Å². The van der Waals surface area contributed by atoms with E-state index >= 15 is 0 Å². The first-order valence-electron chi connectivity index (χ1n) is 10.6. The summed E-state index contributed by atoms with van der Waals surface area (Å²) in [4.78, 5) is 26.9. The molecule has 6 heteroatoms. The van der Waals surface area contributed by atoms with Gasteiger partial charge in [-0.2, -0.15) is 0 Å². The molecular formula is C22H28N4O2. The molecule has 6 nitrogen and oxygen atoms in total. The molecule has 5 rings (SSSR count). The number of carbonyl (C=O) groups is 1. The lowest BCUT2D eigenvalue weighted by molar-refractivity contribution is -0.139. The molecule has 3 fully saturated rings. The number of nitrogens with zero attached hydrogens (tertiary/aromatic N) is 4. The highest BCUT2D eigenvalue weighted by molar-refractivity contribution is 5.90. The summed E-state index contributed by atoms with van der Waals surface area (Å²) in [5, 5.41) is 10.9. The Morgan fingerprint density at radius 2 is 1.86 bits per heavy atom. The maximum atomic E-state index is 13.5. The molecule has 1 N–H and O–H groups in total. The van der Waals surface area contributed by atoms with Crippen molar-refractivity contribution < 1.29 is 9.90 Å². The maximum Gasteiger partial charge on any atom is 0.230 e. The van der Waals surface area contributed by atoms with E-state index in [4.69, 9.17) is 0 Å². The van der Waals surface area contributed by atoms with Crippen molar-refractivity contribution in [2.75, 3.05) is 24.5 Å². The third-order valence-electron chi connectivity index (χ3n) is 7.05. The van der Waals surface area contributed by atoms with Gasteiger partial charge in [0.25, 0.3) is 0 Å². The third-order valence-corrected chi connectivity index (χ3v) is 7.05. The summed E-state index contributed by atoms with van der Waals surface area (Å²) in [5.41, 5.74) is 0.674. The highest BCUT2D eigenvalue weighted by Crippen LogP contribution is 2.43. The van der Waals surface area contributed by atoms with Crippen LogP contribution in [0.4, 0.5) is 5.82 Å². The molecule has 1 aliphatic carbocycles. The second kappa shape index (κ2) is 6.99. The van der Waals surface area contributed by atoms with Crippen LogP contribution in [0.3, 0.4) is 0 Å². The summed E-state index contributed by atoms with van der Waals surface area (Å²) < 4.78 is 0. The normalized spacial score (nSPS) is 31.1. The predicted octanol–water partition coefficient (Wildman–Crippen LogP) is 2.75. The molecule has 28 heavy (non-hydrogen) atoms. The highest BCUT2D eigenvalue weighted by atomic mass is 16.3. The molecule has 3 heterocycles. The molecule has 1 aromatic carbocycles. The van der Waals surface area contributed by atoms with Gasteiger partial charge in [-0.05, 0) is 57.1 Å². The van der Waals surface area contributed by atoms with E-state index in [2.05, 4.69) is 25.8 Å². The number of hydrogen-bond acceptors (Lipinski definition) is 5. The van der Waals surface area contributed by atoms with Gasteiger partial charge in [0.1, 0.15) is 12.1 Å². The molecule has 1 spiro atoms. The van der Waals surface area contributed by atoms with Gasteiger partial charge in [0.15, 0.2) is 0 Å². The number of aliphatic hydroxyl groups is 1. The van der Waals surface area contributed by atoms with E-state index in [1.165, 1.54) is 0 Å². The van der Waals surface area contributed by atoms with Crippen molar-refractivity contribution in [3.63, 3.8) is 0 Å². The SMILES string of the molecule is O=C1N(C2CCC(O)CC2)CC[C@@]12CCCN(c1ncnc3ccccc13)C2. The van der Waals surface area contributed by atoms with Crippen LogP contribution in [0.15, 0.2) is 30.6 Å². The number of amides is 1. The van der Waals surface area contributed by atoms with Crippen LogP contribution < -0.4 is 4.90 Å². The Hall–Kier alpha value is -2.21. The number of rotatable bonds is 2. The number of piperidine rings is 1. The van der Waals surface area contributed by atoms with Crippen molar-refractivity contribution >= 4 is 22.6 Å². The van der Waals surface area contributed by atoms with Crippen molar-refractivity contribution in [2.45, 2.75) is 57.1 Å². The van der Waals surface area contributed by atoms with Crippen LogP contribution in [0.1, 0.15) is 44.9 Å². The Morgan fingerprint density at radius 3 is 2.71 bits per heavy atom. The Labute approximate surface area is 165 Å². The molecule has 1 atom stereocenters. The average Bonchev–Trinajstić information content (AvgIpc) is 3.04. The van der Waals surface area contributed by atoms with Gasteiger partial charge in [0.05, 0.1) is 17.0 Å². The van der Waals surface area contributed by atoms with Crippen LogP contribution in [0.25, 0.3) is 10.9 Å². The van der Waals surface area contributed by atoms with Crippen LogP contribution in [-0.4, -0.2) is 57.7 Å². The number of benzene rings is 1. The number of anilines is 1. The molecule has 0 bridgehead atoms. The Kier molecular flexibility index (Phi) is 4.46. The van der Waals surface area contributed by atoms with Crippen LogP contribution in [-0.2, 0) is 4.79 Å². The van der Waals surface area contributed by atoms with E-state index in [0.717, 1.165) is 81.3 Å². The minimum absolute atomic E-state index is 0.181. The largest absolute Gasteiger partial charge is 0.393 e.